The van der Waals surface area contributed by atoms with E-state index in [1.54, 1.807) is 12.1 Å². The Bertz CT molecular complexity index is 2060. The van der Waals surface area contributed by atoms with Crippen molar-refractivity contribution < 1.29 is 19.2 Å². The number of aryl methyl sites for hydroxylation is 4. The molecule has 8 rings (SSSR count). The maximum atomic E-state index is 11.5. The third-order valence-electron chi connectivity index (χ3n) is 8.77. The zero-order valence-electron chi connectivity index (χ0n) is 27.1. The lowest BCUT2D eigenvalue weighted by molar-refractivity contribution is -0.115. The second-order valence-electron chi connectivity index (χ2n) is 12.4. The molecule has 3 aliphatic rings. The summed E-state index contributed by atoms with van der Waals surface area (Å²) in [6.45, 7) is 3.00. The van der Waals surface area contributed by atoms with Gasteiger partial charge in [0.1, 0.15) is 0 Å². The molecule has 48 heavy (non-hydrogen) atoms. The van der Waals surface area contributed by atoms with E-state index in [9.17, 15) is 19.2 Å². The van der Waals surface area contributed by atoms with Crippen LogP contribution in [0.5, 0.6) is 0 Å². The van der Waals surface area contributed by atoms with Crippen LogP contribution in [0.1, 0.15) is 82.5 Å². The number of hydrogen-bond donors (Lipinski definition) is 4. The molecule has 0 aliphatic heterocycles. The number of rotatable bonds is 2. The number of aromatic nitrogens is 3. The average molecular weight is 643 g/mol. The lowest BCUT2D eigenvalue weighted by atomic mass is 9.85. The van der Waals surface area contributed by atoms with Gasteiger partial charge in [-0.1, -0.05) is 6.07 Å². The first-order valence-corrected chi connectivity index (χ1v) is 16.2. The number of ketones is 2. The Kier molecular flexibility index (Phi) is 9.43. The highest BCUT2D eigenvalue weighted by Crippen LogP contribution is 2.38. The van der Waals surface area contributed by atoms with Crippen LogP contribution in [-0.2, 0) is 35.3 Å². The molecule has 0 spiro atoms. The first-order chi connectivity index (χ1) is 23.2. The van der Waals surface area contributed by atoms with E-state index < -0.39 is 0 Å². The molecule has 2 aromatic heterocycles. The first-order valence-electron chi connectivity index (χ1n) is 16.2. The molecule has 0 atom stereocenters. The quantitative estimate of drug-likeness (QED) is 0.157. The molecule has 3 aliphatic carbocycles. The molecule has 0 radical (unpaired) electrons. The van der Waals surface area contributed by atoms with E-state index in [0.29, 0.717) is 12.8 Å². The highest BCUT2D eigenvalue weighted by molar-refractivity contribution is 6.00. The monoisotopic (exact) mass is 642 g/mol. The Morgan fingerprint density at radius 2 is 1.21 bits per heavy atom. The summed E-state index contributed by atoms with van der Waals surface area (Å²) in [5.74, 6) is 0.339. The lowest BCUT2D eigenvalue weighted by Crippen LogP contribution is -2.12. The smallest absolute Gasteiger partial charge is 0.221 e. The summed E-state index contributed by atoms with van der Waals surface area (Å²) in [5, 5.41) is 13.6. The number of Topliss-reactive ketones (excluding diaryl/α,β-unsaturated/α-hetero) is 2. The Hall–Kier alpha value is -5.64. The molecule has 2 amide bonds. The minimum atomic E-state index is -0.0860. The van der Waals surface area contributed by atoms with E-state index in [4.69, 9.17) is 5.73 Å². The van der Waals surface area contributed by atoms with Crippen LogP contribution in [0.3, 0.4) is 0 Å². The lowest BCUT2D eigenvalue weighted by Gasteiger charge is -2.21. The second-order valence-corrected chi connectivity index (χ2v) is 12.4. The van der Waals surface area contributed by atoms with Crippen LogP contribution < -0.4 is 16.4 Å². The Labute approximate surface area is 278 Å². The maximum absolute atomic E-state index is 11.5. The van der Waals surface area contributed by atoms with Gasteiger partial charge in [-0.2, -0.15) is 5.10 Å². The van der Waals surface area contributed by atoms with E-state index in [-0.39, 0.29) is 23.4 Å². The SMILES string of the molecule is CC(=O)Nc1ccc2c(c1)CCCC2=O.CC(=O)Nc1ccc2c(c1)CCc1cnc3[nH]ncc3c1-2.Nc1ccc2c(c1)CCCC2=O. The number of nitrogens with two attached hydrogens (primary N) is 1. The largest absolute Gasteiger partial charge is 0.399 e. The first kappa shape index (κ1) is 32.3. The van der Waals surface area contributed by atoms with Gasteiger partial charge in [0.15, 0.2) is 17.2 Å². The van der Waals surface area contributed by atoms with E-state index in [0.717, 1.165) is 88.9 Å². The fourth-order valence-corrected chi connectivity index (χ4v) is 6.64. The number of fused-ring (bicyclic) bond motifs is 7. The van der Waals surface area contributed by atoms with Crippen molar-refractivity contribution in [3.8, 4) is 11.1 Å². The predicted molar refractivity (Wildman–Crippen MR) is 187 cm³/mol. The summed E-state index contributed by atoms with van der Waals surface area (Å²) in [5.41, 5.74) is 17.6. The number of pyridine rings is 1. The van der Waals surface area contributed by atoms with E-state index in [1.807, 2.05) is 42.7 Å². The number of nitrogens with one attached hydrogen (secondary N) is 3. The van der Waals surface area contributed by atoms with Crippen molar-refractivity contribution in [2.45, 2.75) is 65.2 Å². The zero-order chi connectivity index (χ0) is 33.8. The molecule has 2 heterocycles. The normalized spacial score (nSPS) is 14.1. The third-order valence-corrected chi connectivity index (χ3v) is 8.77. The van der Waals surface area contributed by atoms with Gasteiger partial charge >= 0.3 is 0 Å². The number of nitrogens with zero attached hydrogens (tertiary/aromatic N) is 2. The van der Waals surface area contributed by atoms with Gasteiger partial charge in [-0.05, 0) is 120 Å². The third kappa shape index (κ3) is 7.17. The van der Waals surface area contributed by atoms with Crippen molar-refractivity contribution in [2.24, 2.45) is 0 Å². The van der Waals surface area contributed by atoms with Gasteiger partial charge in [0.2, 0.25) is 11.8 Å². The summed E-state index contributed by atoms with van der Waals surface area (Å²) in [6, 6.07) is 17.1. The van der Waals surface area contributed by atoms with Crippen molar-refractivity contribution >= 4 is 51.5 Å². The van der Waals surface area contributed by atoms with Gasteiger partial charge < -0.3 is 16.4 Å². The van der Waals surface area contributed by atoms with Crippen LogP contribution >= 0.6 is 0 Å². The van der Waals surface area contributed by atoms with Crippen molar-refractivity contribution in [1.82, 2.24) is 15.2 Å². The second kappa shape index (κ2) is 14.0. The number of H-pyrrole nitrogens is 1. The summed E-state index contributed by atoms with van der Waals surface area (Å²) < 4.78 is 0. The van der Waals surface area contributed by atoms with Gasteiger partial charge in [-0.25, -0.2) is 4.98 Å². The fraction of sp³-hybridized carbons (Fsp3) is 0.263. The fourth-order valence-electron chi connectivity index (χ4n) is 6.64. The minimum Gasteiger partial charge on any atom is -0.399 e. The highest BCUT2D eigenvalue weighted by atomic mass is 16.2. The number of amides is 2. The number of aromatic amines is 1. The number of benzene rings is 3. The molecule has 10 nitrogen and oxygen atoms in total. The molecule has 3 aromatic carbocycles. The summed E-state index contributed by atoms with van der Waals surface area (Å²) in [7, 11) is 0. The molecule has 5 aromatic rings. The number of anilines is 3. The number of carbonyl (C=O) groups is 4. The minimum absolute atomic E-state index is 0.0485. The Morgan fingerprint density at radius 1 is 0.667 bits per heavy atom. The molecule has 0 fully saturated rings. The van der Waals surface area contributed by atoms with Gasteiger partial charge in [0.05, 0.1) is 6.20 Å². The molecule has 10 heteroatoms. The van der Waals surface area contributed by atoms with Crippen molar-refractivity contribution in [1.29, 1.82) is 0 Å². The number of carbonyl (C=O) groups excluding carboxylic acids is 4. The predicted octanol–water partition coefficient (Wildman–Crippen LogP) is 6.63. The van der Waals surface area contributed by atoms with Gasteiger partial charge in [0.25, 0.3) is 0 Å². The van der Waals surface area contributed by atoms with Crippen LogP contribution in [0.2, 0.25) is 0 Å². The Morgan fingerprint density at radius 3 is 1.83 bits per heavy atom. The van der Waals surface area contributed by atoms with Gasteiger partial charge in [0, 0.05) is 66.5 Å². The number of nitrogen functional groups attached to an aromatic ring is 1. The van der Waals surface area contributed by atoms with Crippen molar-refractivity contribution in [2.75, 3.05) is 16.4 Å². The number of hydrogen-bond acceptors (Lipinski definition) is 7. The van der Waals surface area contributed by atoms with E-state index in [2.05, 4.69) is 37.9 Å². The molecule has 0 bridgehead atoms. The van der Waals surface area contributed by atoms with Gasteiger partial charge in [-0.15, -0.1) is 0 Å². The summed E-state index contributed by atoms with van der Waals surface area (Å²) >= 11 is 0. The van der Waals surface area contributed by atoms with Crippen LogP contribution in [0, 0.1) is 0 Å². The van der Waals surface area contributed by atoms with Crippen molar-refractivity contribution in [3.63, 3.8) is 0 Å². The van der Waals surface area contributed by atoms with E-state index in [1.165, 1.54) is 36.1 Å². The molecule has 0 unspecified atom stereocenters. The summed E-state index contributed by atoms with van der Waals surface area (Å²) in [4.78, 5) is 49.4. The van der Waals surface area contributed by atoms with Crippen LogP contribution in [0.15, 0.2) is 67.0 Å². The summed E-state index contributed by atoms with van der Waals surface area (Å²) in [6.07, 6.45) is 10.8. The van der Waals surface area contributed by atoms with Crippen molar-refractivity contribution in [3.05, 3.63) is 100 Å². The van der Waals surface area contributed by atoms with Crippen LogP contribution in [-0.4, -0.2) is 38.6 Å². The highest BCUT2D eigenvalue weighted by Gasteiger charge is 2.21. The molecule has 5 N–H and O–H groups in total. The molecule has 244 valence electrons. The van der Waals surface area contributed by atoms with Gasteiger partial charge in [-0.3, -0.25) is 24.3 Å². The zero-order valence-corrected chi connectivity index (χ0v) is 27.1. The maximum Gasteiger partial charge on any atom is 0.221 e. The van der Waals surface area contributed by atoms with Crippen LogP contribution in [0.25, 0.3) is 22.2 Å². The van der Waals surface area contributed by atoms with Crippen LogP contribution in [0.4, 0.5) is 17.1 Å². The molecular formula is C38H38N6O4. The topological polar surface area (TPSA) is 160 Å². The average Bonchev–Trinajstić information content (AvgIpc) is 3.54. The molecular weight excluding hydrogens is 604 g/mol. The standard InChI is InChI=1S/C16H14N4O.C12H13NO2.C10H11NO/c1-9(21)19-12-4-5-13-10(6-12)2-3-11-7-17-16-14(15(11)13)8-18-20-16;1-8(14)13-10-5-6-11-9(7-10)3-2-4-12(11)15;11-8-4-5-9-7(6-8)2-1-3-10(9)12/h4-8H,2-3H2,1H3,(H,19,21)(H,17,18,20);5-7H,2-4H2,1H3,(H,13,14);4-6H,1-3,11H2. The molecule has 0 saturated carbocycles. The Balaban J connectivity index is 0.000000131. The molecule has 0 saturated heterocycles. The van der Waals surface area contributed by atoms with E-state index >= 15 is 0 Å².